The minimum Gasteiger partial charge on any atom is -0.444 e. The van der Waals surface area contributed by atoms with Gasteiger partial charge in [0.05, 0.1) is 11.4 Å². The quantitative estimate of drug-likeness (QED) is 0.598. The molecule has 0 unspecified atom stereocenters. The number of halogens is 4. The number of hydrogen-bond donors (Lipinski definition) is 2. The molecular weight excluding hydrogens is 354 g/mol. The Bertz CT molecular complexity index is 663. The van der Waals surface area contributed by atoms with Gasteiger partial charge in [-0.3, -0.25) is 0 Å². The van der Waals surface area contributed by atoms with Crippen molar-refractivity contribution in [1.82, 2.24) is 4.90 Å². The molecule has 1 aliphatic heterocycles. The third-order valence-electron chi connectivity index (χ3n) is 3.97. The number of nitrogens with zero attached hydrogens (tertiary/aromatic N) is 1. The van der Waals surface area contributed by atoms with E-state index < -0.39 is 34.9 Å². The van der Waals surface area contributed by atoms with Crippen LogP contribution in [0.25, 0.3) is 0 Å². The highest BCUT2D eigenvalue weighted by Crippen LogP contribution is 2.40. The van der Waals surface area contributed by atoms with E-state index in [0.717, 1.165) is 6.07 Å². The summed E-state index contributed by atoms with van der Waals surface area (Å²) in [6, 6.07) is 1.44. The lowest BCUT2D eigenvalue weighted by Crippen LogP contribution is -2.44. The minimum absolute atomic E-state index is 0.173. The second-order valence-corrected chi connectivity index (χ2v) is 7.27. The Kier molecular flexibility index (Phi) is 5.58. The molecule has 26 heavy (non-hydrogen) atoms. The molecular formula is C17H23F4N3O2. The molecule has 1 aliphatic rings. The number of nitrogen functional groups attached to an aromatic ring is 1. The summed E-state index contributed by atoms with van der Waals surface area (Å²) in [4.78, 5) is 13.5. The van der Waals surface area contributed by atoms with Crippen molar-refractivity contribution in [2.24, 2.45) is 0 Å². The van der Waals surface area contributed by atoms with E-state index in [1.807, 2.05) is 0 Å². The number of alkyl halides is 3. The zero-order valence-corrected chi connectivity index (χ0v) is 14.9. The van der Waals surface area contributed by atoms with Gasteiger partial charge in [0.25, 0.3) is 0 Å². The van der Waals surface area contributed by atoms with Crippen LogP contribution in [0.15, 0.2) is 12.1 Å². The lowest BCUT2D eigenvalue weighted by molar-refractivity contribution is -0.139. The van der Waals surface area contributed by atoms with Crippen LogP contribution in [-0.2, 0) is 10.9 Å². The van der Waals surface area contributed by atoms with Crippen LogP contribution in [0.2, 0.25) is 0 Å². The summed E-state index contributed by atoms with van der Waals surface area (Å²) in [6.07, 6.45) is -4.53. The molecule has 9 heteroatoms. The first-order chi connectivity index (χ1) is 11.9. The van der Waals surface area contributed by atoms with Gasteiger partial charge >= 0.3 is 12.3 Å². The van der Waals surface area contributed by atoms with E-state index in [1.165, 1.54) is 4.90 Å². The Hall–Kier alpha value is -2.19. The van der Waals surface area contributed by atoms with Crippen molar-refractivity contribution in [2.45, 2.75) is 51.4 Å². The van der Waals surface area contributed by atoms with Gasteiger partial charge in [0, 0.05) is 19.1 Å². The second-order valence-electron chi connectivity index (χ2n) is 7.27. The monoisotopic (exact) mass is 377 g/mol. The van der Waals surface area contributed by atoms with Gasteiger partial charge in [0.1, 0.15) is 17.0 Å². The van der Waals surface area contributed by atoms with Gasteiger partial charge in [0.15, 0.2) is 0 Å². The molecule has 0 bridgehead atoms. The van der Waals surface area contributed by atoms with Gasteiger partial charge in [-0.25, -0.2) is 9.18 Å². The summed E-state index contributed by atoms with van der Waals surface area (Å²) in [5, 5.41) is 2.71. The highest BCUT2D eigenvalue weighted by atomic mass is 19.4. The largest absolute Gasteiger partial charge is 0.444 e. The van der Waals surface area contributed by atoms with Crippen LogP contribution in [0.5, 0.6) is 0 Å². The number of nitrogens with two attached hydrogens (primary N) is 1. The molecule has 1 amide bonds. The Morgan fingerprint density at radius 1 is 1.23 bits per heavy atom. The molecule has 2 rings (SSSR count). The van der Waals surface area contributed by atoms with E-state index in [4.69, 9.17) is 10.5 Å². The van der Waals surface area contributed by atoms with Crippen LogP contribution >= 0.6 is 0 Å². The SMILES string of the molecule is CC(C)(C)OC(=O)N1CCC(Nc2c(N)ccc(F)c2C(F)(F)F)CC1. The summed E-state index contributed by atoms with van der Waals surface area (Å²) in [6.45, 7) is 5.91. The number of carbonyl (C=O) groups excluding carboxylic acids is 1. The topological polar surface area (TPSA) is 67.6 Å². The van der Waals surface area contributed by atoms with E-state index in [-0.39, 0.29) is 11.7 Å². The molecule has 0 spiro atoms. The first-order valence-corrected chi connectivity index (χ1v) is 8.28. The molecule has 0 atom stereocenters. The molecule has 0 aliphatic carbocycles. The number of amides is 1. The smallest absolute Gasteiger partial charge is 0.421 e. The highest BCUT2D eigenvalue weighted by Gasteiger charge is 2.39. The number of piperidine rings is 1. The first-order valence-electron chi connectivity index (χ1n) is 8.28. The molecule has 1 saturated heterocycles. The van der Waals surface area contributed by atoms with Crippen LogP contribution in [0.4, 0.5) is 33.7 Å². The Morgan fingerprint density at radius 2 is 1.81 bits per heavy atom. The van der Waals surface area contributed by atoms with Gasteiger partial charge < -0.3 is 20.7 Å². The zero-order chi connectivity index (χ0) is 19.7. The third kappa shape index (κ3) is 4.92. The Morgan fingerprint density at radius 3 is 2.31 bits per heavy atom. The lowest BCUT2D eigenvalue weighted by atomic mass is 10.0. The van der Waals surface area contributed by atoms with Gasteiger partial charge in [-0.1, -0.05) is 0 Å². The van der Waals surface area contributed by atoms with E-state index in [9.17, 15) is 22.4 Å². The average Bonchev–Trinajstić information content (AvgIpc) is 2.48. The number of benzene rings is 1. The van der Waals surface area contributed by atoms with Crippen LogP contribution in [-0.4, -0.2) is 35.7 Å². The highest BCUT2D eigenvalue weighted by molar-refractivity contribution is 5.72. The number of rotatable bonds is 2. The maximum atomic E-state index is 13.7. The summed E-state index contributed by atoms with van der Waals surface area (Å²) in [5.74, 6) is -1.37. The fourth-order valence-corrected chi connectivity index (χ4v) is 2.76. The fourth-order valence-electron chi connectivity index (χ4n) is 2.76. The van der Waals surface area contributed by atoms with E-state index in [2.05, 4.69) is 5.32 Å². The van der Waals surface area contributed by atoms with Crippen molar-refractivity contribution in [2.75, 3.05) is 24.1 Å². The molecule has 0 radical (unpaired) electrons. The fraction of sp³-hybridized carbons (Fsp3) is 0.588. The van der Waals surface area contributed by atoms with Crippen molar-refractivity contribution in [3.05, 3.63) is 23.5 Å². The maximum absolute atomic E-state index is 13.7. The Balaban J connectivity index is 2.07. The van der Waals surface area contributed by atoms with Crippen LogP contribution in [0, 0.1) is 5.82 Å². The maximum Gasteiger partial charge on any atom is 0.421 e. The molecule has 0 aromatic heterocycles. The lowest BCUT2D eigenvalue weighted by Gasteiger charge is -2.34. The minimum atomic E-state index is -4.86. The van der Waals surface area contributed by atoms with Crippen LogP contribution in [0.3, 0.4) is 0 Å². The predicted molar refractivity (Wildman–Crippen MR) is 90.3 cm³/mol. The third-order valence-corrected chi connectivity index (χ3v) is 3.97. The van der Waals surface area contributed by atoms with Crippen molar-refractivity contribution >= 4 is 17.5 Å². The van der Waals surface area contributed by atoms with Crippen molar-refractivity contribution in [1.29, 1.82) is 0 Å². The normalized spacial score (nSPS) is 16.5. The van der Waals surface area contributed by atoms with Crippen LogP contribution < -0.4 is 11.1 Å². The number of likely N-dealkylation sites (tertiary alicyclic amines) is 1. The number of hydrogen-bond acceptors (Lipinski definition) is 4. The second kappa shape index (κ2) is 7.20. The number of nitrogens with one attached hydrogen (secondary N) is 1. The zero-order valence-electron chi connectivity index (χ0n) is 14.9. The van der Waals surface area contributed by atoms with Gasteiger partial charge in [-0.15, -0.1) is 0 Å². The van der Waals surface area contributed by atoms with Gasteiger partial charge in [0.2, 0.25) is 0 Å². The van der Waals surface area contributed by atoms with E-state index in [1.54, 1.807) is 20.8 Å². The molecule has 1 aromatic carbocycles. The van der Waals surface area contributed by atoms with Gasteiger partial charge in [-0.05, 0) is 45.7 Å². The first kappa shape index (κ1) is 20.1. The average molecular weight is 377 g/mol. The summed E-state index contributed by atoms with van der Waals surface area (Å²) in [5.41, 5.74) is 2.99. The van der Waals surface area contributed by atoms with Gasteiger partial charge in [-0.2, -0.15) is 13.2 Å². The molecule has 1 fully saturated rings. The number of carbonyl (C=O) groups is 1. The van der Waals surface area contributed by atoms with Crippen molar-refractivity contribution in [3.8, 4) is 0 Å². The number of anilines is 2. The van der Waals surface area contributed by atoms with Crippen molar-refractivity contribution in [3.63, 3.8) is 0 Å². The molecule has 0 saturated carbocycles. The number of ether oxygens (including phenoxy) is 1. The molecule has 5 nitrogen and oxygen atoms in total. The standard InChI is InChI=1S/C17H23F4N3O2/c1-16(2,3)26-15(25)24-8-6-10(7-9-24)23-14-12(22)5-4-11(18)13(14)17(19,20)21/h4-5,10,23H,6-9,22H2,1-3H3. The summed E-state index contributed by atoms with van der Waals surface area (Å²) >= 11 is 0. The van der Waals surface area contributed by atoms with Crippen molar-refractivity contribution < 1.29 is 27.1 Å². The summed E-state index contributed by atoms with van der Waals surface area (Å²) < 4.78 is 58.5. The molecule has 1 aromatic rings. The van der Waals surface area contributed by atoms with E-state index in [0.29, 0.717) is 32.0 Å². The molecule has 146 valence electrons. The Labute approximate surface area is 149 Å². The van der Waals surface area contributed by atoms with Crippen LogP contribution in [0.1, 0.15) is 39.2 Å². The van der Waals surface area contributed by atoms with E-state index >= 15 is 0 Å². The summed E-state index contributed by atoms with van der Waals surface area (Å²) in [7, 11) is 0. The molecule has 3 N–H and O–H groups in total. The molecule has 1 heterocycles. The predicted octanol–water partition coefficient (Wildman–Crippen LogP) is 4.24.